The van der Waals surface area contributed by atoms with Gasteiger partial charge in [-0.25, -0.2) is 4.79 Å². The molecule has 180 valence electrons. The summed E-state index contributed by atoms with van der Waals surface area (Å²) in [6.45, 7) is 8.14. The van der Waals surface area contributed by atoms with Crippen LogP contribution in [0.3, 0.4) is 0 Å². The molecule has 0 aliphatic heterocycles. The van der Waals surface area contributed by atoms with Gasteiger partial charge < -0.3 is 19.4 Å². The number of amides is 1. The van der Waals surface area contributed by atoms with Crippen LogP contribution in [-0.2, 0) is 23.2 Å². The highest BCUT2D eigenvalue weighted by Gasteiger charge is 2.14. The van der Waals surface area contributed by atoms with E-state index in [0.29, 0.717) is 28.1 Å². The molecule has 0 saturated heterocycles. The first-order valence-electron chi connectivity index (χ1n) is 11.1. The van der Waals surface area contributed by atoms with Crippen LogP contribution in [0.15, 0.2) is 53.7 Å². The van der Waals surface area contributed by atoms with Crippen molar-refractivity contribution in [3.05, 3.63) is 65.5 Å². The highest BCUT2D eigenvalue weighted by atomic mass is 32.2. The van der Waals surface area contributed by atoms with E-state index in [9.17, 15) is 9.59 Å². The lowest BCUT2D eigenvalue weighted by molar-refractivity contribution is -0.113. The van der Waals surface area contributed by atoms with Crippen LogP contribution >= 0.6 is 11.8 Å². The number of ether oxygens (including phenoxy) is 2. The van der Waals surface area contributed by atoms with Crippen LogP contribution in [0.4, 0.5) is 5.69 Å². The van der Waals surface area contributed by atoms with E-state index < -0.39 is 5.97 Å². The number of nitrogens with zero attached hydrogens (tertiary/aromatic N) is 3. The minimum absolute atomic E-state index is 0.143. The summed E-state index contributed by atoms with van der Waals surface area (Å²) >= 11 is 1.27. The molecule has 3 aromatic rings. The maximum Gasteiger partial charge on any atom is 0.338 e. The van der Waals surface area contributed by atoms with Crippen molar-refractivity contribution in [1.82, 2.24) is 14.8 Å². The molecular weight excluding hydrogens is 452 g/mol. The predicted molar refractivity (Wildman–Crippen MR) is 132 cm³/mol. The zero-order valence-corrected chi connectivity index (χ0v) is 20.9. The third-order valence-corrected chi connectivity index (χ3v) is 5.92. The minimum atomic E-state index is -0.426. The van der Waals surface area contributed by atoms with E-state index in [0.717, 1.165) is 5.75 Å². The molecule has 1 amide bonds. The van der Waals surface area contributed by atoms with Crippen molar-refractivity contribution in [3.8, 4) is 5.75 Å². The van der Waals surface area contributed by atoms with Gasteiger partial charge in [-0.2, -0.15) is 0 Å². The number of hydrogen-bond donors (Lipinski definition) is 1. The molecule has 8 nitrogen and oxygen atoms in total. The first kappa shape index (κ1) is 25.3. The summed E-state index contributed by atoms with van der Waals surface area (Å²) in [6, 6.07) is 14.7. The van der Waals surface area contributed by atoms with Gasteiger partial charge in [0, 0.05) is 12.7 Å². The monoisotopic (exact) mass is 482 g/mol. The normalized spacial score (nSPS) is 11.0. The number of carbonyl (C=O) groups excluding carboxylic acids is 2. The Morgan fingerprint density at radius 2 is 1.79 bits per heavy atom. The summed E-state index contributed by atoms with van der Waals surface area (Å²) in [5.41, 5.74) is 2.17. The number of thioether (sulfide) groups is 1. The maximum absolute atomic E-state index is 12.4. The van der Waals surface area contributed by atoms with Crippen LogP contribution < -0.4 is 10.1 Å². The van der Waals surface area contributed by atoms with Crippen molar-refractivity contribution < 1.29 is 19.1 Å². The van der Waals surface area contributed by atoms with Crippen molar-refractivity contribution in [3.63, 3.8) is 0 Å². The number of anilines is 1. The van der Waals surface area contributed by atoms with Crippen molar-refractivity contribution >= 4 is 29.3 Å². The number of esters is 1. The highest BCUT2D eigenvalue weighted by molar-refractivity contribution is 7.99. The van der Waals surface area contributed by atoms with Crippen molar-refractivity contribution in [2.24, 2.45) is 7.05 Å². The van der Waals surface area contributed by atoms with Gasteiger partial charge in [-0.05, 0) is 55.7 Å². The lowest BCUT2D eigenvalue weighted by Crippen LogP contribution is -2.16. The largest absolute Gasteiger partial charge is 0.486 e. The number of benzene rings is 2. The second-order valence-corrected chi connectivity index (χ2v) is 9.28. The quantitative estimate of drug-likeness (QED) is 0.327. The number of aromatic nitrogens is 3. The van der Waals surface area contributed by atoms with Crippen molar-refractivity contribution in [2.45, 2.75) is 51.5 Å². The molecule has 0 unspecified atom stereocenters. The number of carbonyl (C=O) groups is 2. The molecule has 0 aliphatic rings. The zero-order chi connectivity index (χ0) is 24.7. The van der Waals surface area contributed by atoms with Gasteiger partial charge in [-0.15, -0.1) is 10.2 Å². The van der Waals surface area contributed by atoms with E-state index >= 15 is 0 Å². The highest BCUT2D eigenvalue weighted by Crippen LogP contribution is 2.21. The van der Waals surface area contributed by atoms with Crippen LogP contribution in [0.2, 0.25) is 0 Å². The second kappa shape index (κ2) is 11.7. The SMILES string of the molecule is CC(C)OC(=O)c1cccc(NC(=O)CSc2nnc(COc3ccc(C(C)C)cc3)n2C)c1. The molecule has 1 aromatic heterocycles. The molecule has 9 heteroatoms. The maximum atomic E-state index is 12.4. The van der Waals surface area contributed by atoms with Gasteiger partial charge in [-0.1, -0.05) is 43.8 Å². The summed E-state index contributed by atoms with van der Waals surface area (Å²) in [6.07, 6.45) is -0.214. The lowest BCUT2D eigenvalue weighted by atomic mass is 10.0. The summed E-state index contributed by atoms with van der Waals surface area (Å²) < 4.78 is 12.8. The molecule has 0 fully saturated rings. The molecule has 0 spiro atoms. The molecule has 34 heavy (non-hydrogen) atoms. The molecule has 3 rings (SSSR count). The Morgan fingerprint density at radius 1 is 1.06 bits per heavy atom. The molecule has 0 bridgehead atoms. The third-order valence-electron chi connectivity index (χ3n) is 4.90. The van der Waals surface area contributed by atoms with Crippen molar-refractivity contribution in [1.29, 1.82) is 0 Å². The Morgan fingerprint density at radius 3 is 2.47 bits per heavy atom. The first-order chi connectivity index (χ1) is 16.2. The Balaban J connectivity index is 1.51. The Hall–Kier alpha value is -3.33. The molecule has 1 heterocycles. The zero-order valence-electron chi connectivity index (χ0n) is 20.1. The fourth-order valence-electron chi connectivity index (χ4n) is 3.03. The van der Waals surface area contributed by atoms with Gasteiger partial charge in [-0.3, -0.25) is 4.79 Å². The van der Waals surface area contributed by atoms with E-state index in [1.54, 1.807) is 38.1 Å². The topological polar surface area (TPSA) is 95.3 Å². The molecule has 0 aliphatic carbocycles. The van der Waals surface area contributed by atoms with Crippen LogP contribution in [0, 0.1) is 0 Å². The van der Waals surface area contributed by atoms with Gasteiger partial charge >= 0.3 is 5.97 Å². The number of hydrogen-bond acceptors (Lipinski definition) is 7. The molecule has 0 atom stereocenters. The van der Waals surface area contributed by atoms with E-state index in [2.05, 4.69) is 41.5 Å². The standard InChI is InChI=1S/C25H30N4O4S/c1-16(2)18-9-11-21(12-10-18)32-14-22-27-28-25(29(22)5)34-15-23(30)26-20-8-6-7-19(13-20)24(31)33-17(3)4/h6-13,16-17H,14-15H2,1-5H3,(H,26,30). The molecule has 1 N–H and O–H groups in total. The van der Waals surface area contributed by atoms with E-state index in [1.807, 2.05) is 23.7 Å². The van der Waals surface area contributed by atoms with Crippen LogP contribution in [0.25, 0.3) is 0 Å². The summed E-state index contributed by atoms with van der Waals surface area (Å²) in [5.74, 6) is 1.39. The third kappa shape index (κ3) is 7.08. The van der Waals surface area contributed by atoms with E-state index in [-0.39, 0.29) is 24.4 Å². The first-order valence-corrected chi connectivity index (χ1v) is 12.1. The average Bonchev–Trinajstić information content (AvgIpc) is 3.15. The molecular formula is C25H30N4O4S. The molecule has 2 aromatic carbocycles. The predicted octanol–water partition coefficient (Wildman–Crippen LogP) is 4.81. The van der Waals surface area contributed by atoms with Gasteiger partial charge in [0.05, 0.1) is 17.4 Å². The minimum Gasteiger partial charge on any atom is -0.486 e. The summed E-state index contributed by atoms with van der Waals surface area (Å²) in [5, 5.41) is 11.7. The van der Waals surface area contributed by atoms with Crippen LogP contribution in [0.1, 0.15) is 55.4 Å². The lowest BCUT2D eigenvalue weighted by Gasteiger charge is -2.10. The van der Waals surface area contributed by atoms with Crippen LogP contribution in [0.5, 0.6) is 5.75 Å². The number of rotatable bonds is 10. The fourth-order valence-corrected chi connectivity index (χ4v) is 3.76. The smallest absolute Gasteiger partial charge is 0.338 e. The van der Waals surface area contributed by atoms with Gasteiger partial charge in [0.1, 0.15) is 12.4 Å². The summed E-state index contributed by atoms with van der Waals surface area (Å²) in [7, 11) is 1.84. The van der Waals surface area contributed by atoms with Crippen LogP contribution in [-0.4, -0.2) is 38.5 Å². The fraction of sp³-hybridized carbons (Fsp3) is 0.360. The van der Waals surface area contributed by atoms with Crippen molar-refractivity contribution in [2.75, 3.05) is 11.1 Å². The molecule has 0 radical (unpaired) electrons. The number of nitrogens with one attached hydrogen (secondary N) is 1. The molecule has 0 saturated carbocycles. The Bertz CT molecular complexity index is 1130. The van der Waals surface area contributed by atoms with Gasteiger partial charge in [0.25, 0.3) is 0 Å². The van der Waals surface area contributed by atoms with E-state index in [1.165, 1.54) is 17.3 Å². The summed E-state index contributed by atoms with van der Waals surface area (Å²) in [4.78, 5) is 24.5. The van der Waals surface area contributed by atoms with Gasteiger partial charge in [0.15, 0.2) is 11.0 Å². The van der Waals surface area contributed by atoms with Gasteiger partial charge in [0.2, 0.25) is 5.91 Å². The Labute approximate surface area is 204 Å². The average molecular weight is 483 g/mol. The van der Waals surface area contributed by atoms with E-state index in [4.69, 9.17) is 9.47 Å². The second-order valence-electron chi connectivity index (χ2n) is 8.34. The Kier molecular flexibility index (Phi) is 8.70.